The molecule has 0 atom stereocenters. The van der Waals surface area contributed by atoms with Gasteiger partial charge in [-0.05, 0) is 30.7 Å². The normalized spacial score (nSPS) is 12.7. The third-order valence-electron chi connectivity index (χ3n) is 4.03. The van der Waals surface area contributed by atoms with E-state index in [-0.39, 0.29) is 6.03 Å². The first kappa shape index (κ1) is 15.8. The zero-order valence-electron chi connectivity index (χ0n) is 13.8. The van der Waals surface area contributed by atoms with Gasteiger partial charge in [0.2, 0.25) is 0 Å². The van der Waals surface area contributed by atoms with E-state index in [1.165, 1.54) is 0 Å². The van der Waals surface area contributed by atoms with Crippen LogP contribution in [0.25, 0.3) is 11.3 Å². The molecule has 1 aliphatic heterocycles. The predicted octanol–water partition coefficient (Wildman–Crippen LogP) is 4.61. The Balaban J connectivity index is 1.55. The van der Waals surface area contributed by atoms with Gasteiger partial charge in [-0.1, -0.05) is 42.1 Å². The van der Waals surface area contributed by atoms with Crippen LogP contribution in [0.2, 0.25) is 0 Å². The molecule has 0 spiro atoms. The fraction of sp³-hybridized carbons (Fsp3) is 0.158. The Morgan fingerprint density at radius 3 is 2.88 bits per heavy atom. The maximum Gasteiger partial charge on any atom is 0.323 e. The first-order chi connectivity index (χ1) is 12.2. The van der Waals surface area contributed by atoms with Gasteiger partial charge in [0, 0.05) is 29.7 Å². The highest BCUT2D eigenvalue weighted by Crippen LogP contribution is 2.32. The Kier molecular flexibility index (Phi) is 4.19. The number of anilines is 2. The van der Waals surface area contributed by atoms with Crippen molar-refractivity contribution in [3.8, 4) is 11.3 Å². The fourth-order valence-corrected chi connectivity index (χ4v) is 3.81. The Morgan fingerprint density at radius 2 is 2.04 bits per heavy atom. The van der Waals surface area contributed by atoms with E-state index in [0.29, 0.717) is 0 Å². The minimum Gasteiger partial charge on any atom is -0.325 e. The molecule has 4 rings (SSSR count). The minimum absolute atomic E-state index is 0.265. The molecule has 2 amide bonds. The van der Waals surface area contributed by atoms with Crippen LogP contribution >= 0.6 is 11.8 Å². The van der Waals surface area contributed by atoms with E-state index in [9.17, 15) is 4.79 Å². The molecule has 3 aromatic rings. The van der Waals surface area contributed by atoms with E-state index in [1.54, 1.807) is 11.8 Å². The van der Waals surface area contributed by atoms with Crippen molar-refractivity contribution >= 4 is 29.2 Å². The Labute approximate surface area is 150 Å². The van der Waals surface area contributed by atoms with Crippen molar-refractivity contribution in [2.45, 2.75) is 18.6 Å². The van der Waals surface area contributed by atoms with Crippen molar-refractivity contribution in [2.75, 3.05) is 16.4 Å². The molecule has 0 radical (unpaired) electrons. The van der Waals surface area contributed by atoms with Crippen LogP contribution < -0.4 is 10.6 Å². The highest BCUT2D eigenvalue weighted by molar-refractivity contribution is 7.99. The third-order valence-corrected chi connectivity index (χ3v) is 5.00. The molecule has 2 N–H and O–H groups in total. The molecule has 25 heavy (non-hydrogen) atoms. The summed E-state index contributed by atoms with van der Waals surface area (Å²) in [6.07, 6.45) is 2.05. The number of urea groups is 1. The lowest BCUT2D eigenvalue weighted by molar-refractivity contribution is 0.262. The number of thioether (sulfide) groups is 1. The number of amides is 2. The fourth-order valence-electron chi connectivity index (χ4n) is 2.86. The number of benzene rings is 2. The second-order valence-corrected chi connectivity index (χ2v) is 7.01. The molecule has 0 unspecified atom stereocenters. The summed E-state index contributed by atoms with van der Waals surface area (Å²) < 4.78 is 2.16. The highest BCUT2D eigenvalue weighted by Gasteiger charge is 2.17. The smallest absolute Gasteiger partial charge is 0.323 e. The van der Waals surface area contributed by atoms with Gasteiger partial charge < -0.3 is 15.2 Å². The molecule has 126 valence electrons. The molecule has 0 bridgehead atoms. The van der Waals surface area contributed by atoms with Crippen LogP contribution in [0.4, 0.5) is 16.2 Å². The molecule has 2 heterocycles. The van der Waals surface area contributed by atoms with Gasteiger partial charge in [0.15, 0.2) is 5.16 Å². The summed E-state index contributed by atoms with van der Waals surface area (Å²) in [5, 5.41) is 6.84. The van der Waals surface area contributed by atoms with E-state index in [2.05, 4.69) is 20.2 Å². The number of carbonyl (C=O) groups excluding carboxylic acids is 1. The summed E-state index contributed by atoms with van der Waals surface area (Å²) in [4.78, 5) is 17.0. The van der Waals surface area contributed by atoms with E-state index in [1.807, 2.05) is 61.7 Å². The number of carbonyl (C=O) groups is 1. The van der Waals surface area contributed by atoms with Crippen LogP contribution in [0, 0.1) is 6.92 Å². The number of aromatic nitrogens is 2. The number of hydrogen-bond donors (Lipinski definition) is 2. The van der Waals surface area contributed by atoms with E-state index >= 15 is 0 Å². The van der Waals surface area contributed by atoms with Crippen molar-refractivity contribution in [2.24, 2.45) is 0 Å². The summed E-state index contributed by atoms with van der Waals surface area (Å²) in [5.41, 5.74) is 4.42. The van der Waals surface area contributed by atoms with Crippen molar-refractivity contribution in [1.82, 2.24) is 9.55 Å². The van der Waals surface area contributed by atoms with Gasteiger partial charge in [-0.3, -0.25) is 0 Å². The Morgan fingerprint density at radius 1 is 1.16 bits per heavy atom. The van der Waals surface area contributed by atoms with Gasteiger partial charge in [0.1, 0.15) is 0 Å². The van der Waals surface area contributed by atoms with Crippen molar-refractivity contribution in [3.05, 3.63) is 60.3 Å². The lowest BCUT2D eigenvalue weighted by atomic mass is 10.1. The van der Waals surface area contributed by atoms with Crippen LogP contribution in [0.15, 0.2) is 59.9 Å². The topological polar surface area (TPSA) is 59.0 Å². The van der Waals surface area contributed by atoms with Crippen LogP contribution in [0.3, 0.4) is 0 Å². The lowest BCUT2D eigenvalue weighted by Crippen LogP contribution is -2.19. The molecule has 5 nitrogen and oxygen atoms in total. The second-order valence-electron chi connectivity index (χ2n) is 5.94. The molecule has 2 aromatic carbocycles. The molecule has 0 aliphatic carbocycles. The molecular weight excluding hydrogens is 332 g/mol. The monoisotopic (exact) mass is 350 g/mol. The minimum atomic E-state index is -0.265. The molecule has 0 fully saturated rings. The average Bonchev–Trinajstić information content (AvgIpc) is 3.17. The predicted molar refractivity (Wildman–Crippen MR) is 102 cm³/mol. The van der Waals surface area contributed by atoms with E-state index in [4.69, 9.17) is 0 Å². The Bertz CT molecular complexity index is 913. The van der Waals surface area contributed by atoms with Gasteiger partial charge in [0.05, 0.1) is 11.4 Å². The third kappa shape index (κ3) is 3.39. The number of fused-ring (bicyclic) bond motifs is 1. The molecule has 0 saturated carbocycles. The summed E-state index contributed by atoms with van der Waals surface area (Å²) in [6, 6.07) is 15.2. The maximum atomic E-state index is 12.4. The Hall–Kier alpha value is -2.73. The van der Waals surface area contributed by atoms with Gasteiger partial charge in [-0.2, -0.15) is 0 Å². The standard InChI is InChI=1S/C19H18N4OS/c1-13-5-4-6-14(11-13)20-18(24)21-16-8-3-2-7-15(16)17-12-23-9-10-25-19(23)22-17/h2-8,11-12H,9-10H2,1H3,(H2,20,21,24). The molecular formula is C19H18N4OS. The van der Waals surface area contributed by atoms with Crippen molar-refractivity contribution < 1.29 is 4.79 Å². The SMILES string of the molecule is Cc1cccc(NC(=O)Nc2ccccc2-c2cn3c(n2)SCC3)c1. The number of hydrogen-bond acceptors (Lipinski definition) is 3. The summed E-state index contributed by atoms with van der Waals surface area (Å²) in [7, 11) is 0. The van der Waals surface area contributed by atoms with E-state index < -0.39 is 0 Å². The first-order valence-corrected chi connectivity index (χ1v) is 9.12. The maximum absolute atomic E-state index is 12.4. The van der Waals surface area contributed by atoms with E-state index in [0.717, 1.165) is 45.6 Å². The van der Waals surface area contributed by atoms with Crippen LogP contribution in [0.1, 0.15) is 5.56 Å². The van der Waals surface area contributed by atoms with Gasteiger partial charge >= 0.3 is 6.03 Å². The summed E-state index contributed by atoms with van der Waals surface area (Å²) in [6.45, 7) is 2.98. The molecule has 6 heteroatoms. The number of aryl methyl sites for hydroxylation is 2. The number of nitrogens with zero attached hydrogens (tertiary/aromatic N) is 2. The van der Waals surface area contributed by atoms with Crippen molar-refractivity contribution in [3.63, 3.8) is 0 Å². The number of rotatable bonds is 3. The quantitative estimate of drug-likeness (QED) is 0.725. The van der Waals surface area contributed by atoms with Crippen LogP contribution in [-0.2, 0) is 6.54 Å². The molecule has 1 aromatic heterocycles. The number of nitrogens with one attached hydrogen (secondary N) is 2. The largest absolute Gasteiger partial charge is 0.325 e. The highest BCUT2D eigenvalue weighted by atomic mass is 32.2. The van der Waals surface area contributed by atoms with Crippen molar-refractivity contribution in [1.29, 1.82) is 0 Å². The second kappa shape index (κ2) is 6.64. The molecule has 0 saturated heterocycles. The van der Waals surface area contributed by atoms with Gasteiger partial charge in [-0.15, -0.1) is 0 Å². The summed E-state index contributed by atoms with van der Waals surface area (Å²) >= 11 is 1.76. The first-order valence-electron chi connectivity index (χ1n) is 8.13. The van der Waals surface area contributed by atoms with Crippen LogP contribution in [-0.4, -0.2) is 21.3 Å². The van der Waals surface area contributed by atoms with Gasteiger partial charge in [0.25, 0.3) is 0 Å². The number of para-hydroxylation sites is 1. The lowest BCUT2D eigenvalue weighted by Gasteiger charge is -2.11. The molecule has 1 aliphatic rings. The zero-order valence-corrected chi connectivity index (χ0v) is 14.6. The average molecular weight is 350 g/mol. The zero-order chi connectivity index (χ0) is 17.2. The van der Waals surface area contributed by atoms with Gasteiger partial charge in [-0.25, -0.2) is 9.78 Å². The van der Waals surface area contributed by atoms with Crippen LogP contribution in [0.5, 0.6) is 0 Å². The number of imidazole rings is 1. The summed E-state index contributed by atoms with van der Waals surface area (Å²) in [5.74, 6) is 1.07.